The summed E-state index contributed by atoms with van der Waals surface area (Å²) in [4.78, 5) is 26.3. The van der Waals surface area contributed by atoms with Crippen LogP contribution in [-0.2, 0) is 4.79 Å². The molecule has 6 heteroatoms. The van der Waals surface area contributed by atoms with Crippen molar-refractivity contribution in [2.75, 3.05) is 11.4 Å². The smallest absolute Gasteiger partial charge is 0.307 e. The van der Waals surface area contributed by atoms with Gasteiger partial charge >= 0.3 is 5.91 Å². The summed E-state index contributed by atoms with van der Waals surface area (Å²) >= 11 is 0. The van der Waals surface area contributed by atoms with Gasteiger partial charge in [0.25, 0.3) is 0 Å². The van der Waals surface area contributed by atoms with Crippen LogP contribution >= 0.6 is 0 Å². The predicted molar refractivity (Wildman–Crippen MR) is 109 cm³/mol. The standard InChI is InChI=1S/C22H21N3O3/c1-14-18-9-3-4-10-19(18)28-21(14)22(27)24-23-15(2)16-7-5-8-17(13-16)25-12-6-11-20(25)26/h3-5,7-10,13H,6,11-12H2,1-2H3,(H,24,27)/b23-15+. The second-order valence-corrected chi connectivity index (χ2v) is 6.89. The molecular formula is C22H21N3O3. The quantitative estimate of drug-likeness (QED) is 0.553. The van der Waals surface area contributed by atoms with Gasteiger partial charge in [-0.3, -0.25) is 9.59 Å². The zero-order valence-electron chi connectivity index (χ0n) is 15.9. The molecule has 1 fully saturated rings. The van der Waals surface area contributed by atoms with Crippen molar-refractivity contribution in [1.82, 2.24) is 5.43 Å². The fourth-order valence-corrected chi connectivity index (χ4v) is 3.46. The van der Waals surface area contributed by atoms with Gasteiger partial charge in [-0.25, -0.2) is 5.43 Å². The number of nitrogens with one attached hydrogen (secondary N) is 1. The highest BCUT2D eigenvalue weighted by Crippen LogP contribution is 2.25. The van der Waals surface area contributed by atoms with Gasteiger partial charge in [-0.15, -0.1) is 0 Å². The molecule has 0 saturated carbocycles. The maximum absolute atomic E-state index is 12.5. The van der Waals surface area contributed by atoms with Crippen LogP contribution in [0, 0.1) is 6.92 Å². The molecule has 0 radical (unpaired) electrons. The molecule has 2 heterocycles. The van der Waals surface area contributed by atoms with Crippen LogP contribution in [0.1, 0.15) is 41.4 Å². The van der Waals surface area contributed by atoms with E-state index in [-0.39, 0.29) is 17.6 Å². The highest BCUT2D eigenvalue weighted by Gasteiger charge is 2.22. The molecule has 0 aliphatic carbocycles. The molecule has 1 aliphatic heterocycles. The Bertz CT molecular complexity index is 1100. The van der Waals surface area contributed by atoms with Gasteiger partial charge in [0.15, 0.2) is 5.76 Å². The number of hydrazone groups is 1. The van der Waals surface area contributed by atoms with E-state index >= 15 is 0 Å². The van der Waals surface area contributed by atoms with Crippen molar-refractivity contribution in [2.45, 2.75) is 26.7 Å². The number of amides is 2. The Morgan fingerprint density at radius 3 is 2.75 bits per heavy atom. The number of rotatable bonds is 4. The number of benzene rings is 2. The molecule has 6 nitrogen and oxygen atoms in total. The number of furan rings is 1. The van der Waals surface area contributed by atoms with Crippen LogP contribution in [-0.4, -0.2) is 24.1 Å². The monoisotopic (exact) mass is 375 g/mol. The van der Waals surface area contributed by atoms with Crippen molar-refractivity contribution < 1.29 is 14.0 Å². The Morgan fingerprint density at radius 2 is 2.00 bits per heavy atom. The summed E-state index contributed by atoms with van der Waals surface area (Å²) in [6, 6.07) is 15.2. The minimum atomic E-state index is -0.390. The minimum absolute atomic E-state index is 0.139. The van der Waals surface area contributed by atoms with Crippen LogP contribution in [0.4, 0.5) is 5.69 Å². The molecular weight excluding hydrogens is 354 g/mol. The highest BCUT2D eigenvalue weighted by atomic mass is 16.3. The topological polar surface area (TPSA) is 74.9 Å². The summed E-state index contributed by atoms with van der Waals surface area (Å²) in [7, 11) is 0. The van der Waals surface area contributed by atoms with E-state index in [1.54, 1.807) is 4.90 Å². The number of nitrogens with zero attached hydrogens (tertiary/aromatic N) is 2. The van der Waals surface area contributed by atoms with Gasteiger partial charge in [-0.2, -0.15) is 5.10 Å². The Hall–Kier alpha value is -3.41. The minimum Gasteiger partial charge on any atom is -0.451 e. The fraction of sp³-hybridized carbons (Fsp3) is 0.227. The van der Waals surface area contributed by atoms with Gasteiger partial charge < -0.3 is 9.32 Å². The number of fused-ring (bicyclic) bond motifs is 1. The van der Waals surface area contributed by atoms with Crippen molar-refractivity contribution in [3.05, 3.63) is 65.4 Å². The molecule has 28 heavy (non-hydrogen) atoms. The second kappa shape index (κ2) is 7.31. The molecule has 4 rings (SSSR count). The third-order valence-electron chi connectivity index (χ3n) is 5.02. The molecule has 2 aromatic carbocycles. The Kier molecular flexibility index (Phi) is 4.69. The summed E-state index contributed by atoms with van der Waals surface area (Å²) in [5, 5.41) is 5.14. The van der Waals surface area contributed by atoms with Crippen molar-refractivity contribution in [1.29, 1.82) is 0 Å². The zero-order chi connectivity index (χ0) is 19.7. The largest absolute Gasteiger partial charge is 0.451 e. The molecule has 0 bridgehead atoms. The molecule has 1 aromatic heterocycles. The number of hydrogen-bond acceptors (Lipinski definition) is 4. The molecule has 0 unspecified atom stereocenters. The van der Waals surface area contributed by atoms with Crippen LogP contribution in [0.2, 0.25) is 0 Å². The van der Waals surface area contributed by atoms with Gasteiger partial charge in [0, 0.05) is 29.6 Å². The summed E-state index contributed by atoms with van der Waals surface area (Å²) in [5.74, 6) is 0.00787. The molecule has 1 N–H and O–H groups in total. The van der Waals surface area contributed by atoms with Gasteiger partial charge in [-0.1, -0.05) is 30.3 Å². The third kappa shape index (κ3) is 3.29. The van der Waals surface area contributed by atoms with E-state index in [0.717, 1.165) is 35.2 Å². The first-order valence-electron chi connectivity index (χ1n) is 9.28. The van der Waals surface area contributed by atoms with Gasteiger partial charge in [0.1, 0.15) is 5.58 Å². The Morgan fingerprint density at radius 1 is 1.18 bits per heavy atom. The normalized spacial score (nSPS) is 14.7. The second-order valence-electron chi connectivity index (χ2n) is 6.89. The number of anilines is 1. The first kappa shape index (κ1) is 18.0. The SMILES string of the molecule is C/C(=N\NC(=O)c1oc2ccccc2c1C)c1cccc(N2CCCC2=O)c1. The molecule has 1 aliphatic rings. The van der Waals surface area contributed by atoms with E-state index in [2.05, 4.69) is 10.5 Å². The van der Waals surface area contributed by atoms with Gasteiger partial charge in [-0.05, 0) is 44.0 Å². The zero-order valence-corrected chi connectivity index (χ0v) is 15.9. The lowest BCUT2D eigenvalue weighted by atomic mass is 10.1. The third-order valence-corrected chi connectivity index (χ3v) is 5.02. The maximum atomic E-state index is 12.5. The lowest BCUT2D eigenvalue weighted by Gasteiger charge is -2.16. The van der Waals surface area contributed by atoms with Crippen molar-refractivity contribution in [2.24, 2.45) is 5.10 Å². The van der Waals surface area contributed by atoms with Crippen molar-refractivity contribution >= 4 is 34.2 Å². The number of carbonyl (C=O) groups is 2. The summed E-state index contributed by atoms with van der Waals surface area (Å²) < 4.78 is 5.67. The molecule has 142 valence electrons. The lowest BCUT2D eigenvalue weighted by molar-refractivity contribution is -0.117. The Balaban J connectivity index is 1.53. The van der Waals surface area contributed by atoms with Gasteiger partial charge in [0.2, 0.25) is 5.91 Å². The summed E-state index contributed by atoms with van der Waals surface area (Å²) in [6.07, 6.45) is 1.47. The molecule has 0 atom stereocenters. The first-order chi connectivity index (χ1) is 13.5. The maximum Gasteiger partial charge on any atom is 0.307 e. The summed E-state index contributed by atoms with van der Waals surface area (Å²) in [6.45, 7) is 4.41. The average molecular weight is 375 g/mol. The molecule has 1 saturated heterocycles. The number of hydrogen-bond donors (Lipinski definition) is 1. The van der Waals surface area contributed by atoms with E-state index in [0.29, 0.717) is 17.7 Å². The number of carbonyl (C=O) groups excluding carboxylic acids is 2. The Labute approximate surface area is 162 Å². The summed E-state index contributed by atoms with van der Waals surface area (Å²) in [5.41, 5.74) is 6.38. The van der Waals surface area contributed by atoms with Crippen LogP contribution in [0.3, 0.4) is 0 Å². The van der Waals surface area contributed by atoms with Gasteiger partial charge in [0.05, 0.1) is 5.71 Å². The molecule has 0 spiro atoms. The number of para-hydroxylation sites is 1. The fourth-order valence-electron chi connectivity index (χ4n) is 3.46. The molecule has 2 amide bonds. The van der Waals surface area contributed by atoms with Crippen LogP contribution in [0.5, 0.6) is 0 Å². The number of aryl methyl sites for hydroxylation is 1. The van der Waals surface area contributed by atoms with E-state index in [1.165, 1.54) is 0 Å². The van der Waals surface area contributed by atoms with Crippen molar-refractivity contribution in [3.63, 3.8) is 0 Å². The van der Waals surface area contributed by atoms with Crippen LogP contribution in [0.15, 0.2) is 58.0 Å². The average Bonchev–Trinajstić information content (AvgIpc) is 3.29. The first-order valence-corrected chi connectivity index (χ1v) is 9.28. The molecule has 3 aromatic rings. The lowest BCUT2D eigenvalue weighted by Crippen LogP contribution is -2.24. The van der Waals surface area contributed by atoms with Crippen LogP contribution in [0.25, 0.3) is 11.0 Å². The van der Waals surface area contributed by atoms with E-state index in [1.807, 2.05) is 62.4 Å². The van der Waals surface area contributed by atoms with E-state index in [4.69, 9.17) is 4.42 Å². The predicted octanol–water partition coefficient (Wildman–Crippen LogP) is 4.02. The van der Waals surface area contributed by atoms with E-state index < -0.39 is 0 Å². The van der Waals surface area contributed by atoms with E-state index in [9.17, 15) is 9.59 Å². The van der Waals surface area contributed by atoms with Crippen LogP contribution < -0.4 is 10.3 Å². The highest BCUT2D eigenvalue weighted by molar-refractivity contribution is 6.03. The van der Waals surface area contributed by atoms with Crippen molar-refractivity contribution in [3.8, 4) is 0 Å².